The van der Waals surface area contributed by atoms with E-state index in [1.165, 1.54) is 0 Å². The molecule has 1 aliphatic rings. The van der Waals surface area contributed by atoms with E-state index in [0.717, 1.165) is 34.6 Å². The van der Waals surface area contributed by atoms with Crippen molar-refractivity contribution in [1.29, 1.82) is 0 Å². The van der Waals surface area contributed by atoms with E-state index in [0.29, 0.717) is 10.5 Å². The minimum Gasteiger partial charge on any atom is -0.397 e. The first-order chi connectivity index (χ1) is 7.99. The number of nitrogens with two attached hydrogens (primary N) is 1. The molecule has 2 N–H and O–H groups in total. The topological polar surface area (TPSA) is 42.1 Å². The van der Waals surface area contributed by atoms with Crippen LogP contribution >= 0.6 is 27.7 Å². The van der Waals surface area contributed by atoms with Gasteiger partial charge in [0.05, 0.1) is 16.4 Å². The summed E-state index contributed by atoms with van der Waals surface area (Å²) >= 11 is 5.66. The Morgan fingerprint density at radius 2 is 2.00 bits per heavy atom. The molecule has 17 heavy (non-hydrogen) atoms. The van der Waals surface area contributed by atoms with Gasteiger partial charge >= 0.3 is 0 Å². The number of nitrogen functional groups attached to an aromatic ring is 1. The Morgan fingerprint density at radius 1 is 1.41 bits per heavy atom. The Kier molecular flexibility index (Phi) is 3.88. The Labute approximate surface area is 115 Å². The molecule has 2 rings (SSSR count). The highest BCUT2D eigenvalue weighted by Crippen LogP contribution is 2.34. The fourth-order valence-corrected chi connectivity index (χ4v) is 4.06. The molecule has 0 radical (unpaired) electrons. The predicted octanol–water partition coefficient (Wildman–Crippen LogP) is 3.06. The summed E-state index contributed by atoms with van der Waals surface area (Å²) in [6.07, 6.45) is 1.76. The van der Waals surface area contributed by atoms with Crippen LogP contribution in [0, 0.1) is 6.92 Å². The van der Waals surface area contributed by atoms with Crippen LogP contribution in [0.4, 0.5) is 11.5 Å². The van der Waals surface area contributed by atoms with Gasteiger partial charge in [0.25, 0.3) is 0 Å². The molecule has 1 aliphatic heterocycles. The minimum absolute atomic E-state index is 0.644. The number of nitrogens with zero attached hydrogens (tertiary/aromatic N) is 2. The van der Waals surface area contributed by atoms with Crippen molar-refractivity contribution in [2.24, 2.45) is 0 Å². The van der Waals surface area contributed by atoms with Gasteiger partial charge in [0, 0.05) is 23.6 Å². The number of anilines is 2. The third kappa shape index (κ3) is 2.71. The molecule has 1 saturated heterocycles. The highest BCUT2D eigenvalue weighted by Gasteiger charge is 2.25. The second-order valence-electron chi connectivity index (χ2n) is 4.64. The smallest absolute Gasteiger partial charge is 0.143 e. The largest absolute Gasteiger partial charge is 0.397 e. The maximum Gasteiger partial charge on any atom is 0.143 e. The number of hydrogen-bond donors (Lipinski definition) is 1. The van der Waals surface area contributed by atoms with Gasteiger partial charge in [-0.1, -0.05) is 13.8 Å². The van der Waals surface area contributed by atoms with E-state index in [4.69, 9.17) is 5.73 Å². The average molecular weight is 316 g/mol. The molecule has 3 nitrogen and oxygen atoms in total. The molecule has 1 fully saturated rings. The number of thioether (sulfide) groups is 1. The summed E-state index contributed by atoms with van der Waals surface area (Å²) in [7, 11) is 0. The molecule has 0 saturated carbocycles. The Morgan fingerprint density at radius 3 is 2.59 bits per heavy atom. The summed E-state index contributed by atoms with van der Waals surface area (Å²) in [5.41, 5.74) is 7.68. The first-order valence-corrected chi connectivity index (χ1v) is 7.53. The van der Waals surface area contributed by atoms with E-state index >= 15 is 0 Å². The number of halogens is 1. The molecule has 2 atom stereocenters. The lowest BCUT2D eigenvalue weighted by Gasteiger charge is -2.36. The quantitative estimate of drug-likeness (QED) is 0.865. The van der Waals surface area contributed by atoms with E-state index in [1.54, 1.807) is 6.20 Å². The van der Waals surface area contributed by atoms with Gasteiger partial charge in [-0.25, -0.2) is 4.98 Å². The van der Waals surface area contributed by atoms with Gasteiger partial charge in [-0.3, -0.25) is 0 Å². The van der Waals surface area contributed by atoms with Crippen molar-refractivity contribution in [3.05, 3.63) is 16.2 Å². The van der Waals surface area contributed by atoms with Gasteiger partial charge in [0.2, 0.25) is 0 Å². The average Bonchev–Trinajstić information content (AvgIpc) is 2.24. The van der Waals surface area contributed by atoms with Crippen molar-refractivity contribution in [2.75, 3.05) is 23.7 Å². The normalized spacial score (nSPS) is 25.1. The maximum absolute atomic E-state index is 5.86. The Balaban J connectivity index is 2.31. The molecule has 1 aromatic heterocycles. The molecule has 0 aromatic carbocycles. The fraction of sp³-hybridized carbons (Fsp3) is 0.583. The molecule has 2 heterocycles. The SMILES string of the molecule is Cc1c(N)cnc(N2CC(C)SC(C)C2)c1Br. The predicted molar refractivity (Wildman–Crippen MR) is 79.8 cm³/mol. The molecule has 1 aromatic rings. The first kappa shape index (κ1) is 13.0. The highest BCUT2D eigenvalue weighted by molar-refractivity contribution is 9.10. The van der Waals surface area contributed by atoms with Crippen molar-refractivity contribution < 1.29 is 0 Å². The maximum atomic E-state index is 5.86. The summed E-state index contributed by atoms with van der Waals surface area (Å²) in [5, 5.41) is 1.29. The summed E-state index contributed by atoms with van der Waals surface area (Å²) in [4.78, 5) is 6.83. The zero-order chi connectivity index (χ0) is 12.6. The number of hydrogen-bond acceptors (Lipinski definition) is 4. The molecule has 94 valence electrons. The third-order valence-electron chi connectivity index (χ3n) is 3.00. The van der Waals surface area contributed by atoms with E-state index in [1.807, 2.05) is 18.7 Å². The molecule has 0 aliphatic carbocycles. The van der Waals surface area contributed by atoms with Crippen molar-refractivity contribution in [2.45, 2.75) is 31.3 Å². The van der Waals surface area contributed by atoms with Gasteiger partial charge in [-0.05, 0) is 28.4 Å². The van der Waals surface area contributed by atoms with Crippen LogP contribution in [-0.4, -0.2) is 28.6 Å². The second-order valence-corrected chi connectivity index (χ2v) is 7.31. The lowest BCUT2D eigenvalue weighted by Crippen LogP contribution is -2.41. The van der Waals surface area contributed by atoms with Crippen LogP contribution in [0.3, 0.4) is 0 Å². The molecular formula is C12H18BrN3S. The van der Waals surface area contributed by atoms with Gasteiger partial charge < -0.3 is 10.6 Å². The van der Waals surface area contributed by atoms with Crippen LogP contribution in [0.2, 0.25) is 0 Å². The Bertz CT molecular complexity index is 414. The van der Waals surface area contributed by atoms with Crippen LogP contribution < -0.4 is 10.6 Å². The number of pyridine rings is 1. The lowest BCUT2D eigenvalue weighted by molar-refractivity contribution is 0.716. The van der Waals surface area contributed by atoms with E-state index in [-0.39, 0.29) is 0 Å². The van der Waals surface area contributed by atoms with E-state index in [9.17, 15) is 0 Å². The molecular weight excluding hydrogens is 298 g/mol. The van der Waals surface area contributed by atoms with Gasteiger partial charge in [0.15, 0.2) is 0 Å². The summed E-state index contributed by atoms with van der Waals surface area (Å²) in [6.45, 7) is 8.65. The Hall–Kier alpha value is -0.420. The van der Waals surface area contributed by atoms with Crippen LogP contribution in [-0.2, 0) is 0 Å². The molecule has 5 heteroatoms. The van der Waals surface area contributed by atoms with Crippen LogP contribution in [0.1, 0.15) is 19.4 Å². The lowest BCUT2D eigenvalue weighted by atomic mass is 10.2. The van der Waals surface area contributed by atoms with Gasteiger partial charge in [-0.15, -0.1) is 0 Å². The second kappa shape index (κ2) is 5.06. The molecule has 0 amide bonds. The summed E-state index contributed by atoms with van der Waals surface area (Å²) < 4.78 is 1.03. The van der Waals surface area contributed by atoms with Crippen molar-refractivity contribution in [3.8, 4) is 0 Å². The van der Waals surface area contributed by atoms with E-state index in [2.05, 4.69) is 39.7 Å². The van der Waals surface area contributed by atoms with Crippen LogP contribution in [0.5, 0.6) is 0 Å². The van der Waals surface area contributed by atoms with Gasteiger partial charge in [-0.2, -0.15) is 11.8 Å². The first-order valence-electron chi connectivity index (χ1n) is 5.80. The minimum atomic E-state index is 0.644. The third-order valence-corrected chi connectivity index (χ3v) is 5.18. The standard InChI is InChI=1S/C12H18BrN3S/c1-7-5-16(6-8(2)17-7)12-11(13)9(3)10(14)4-15-12/h4,7-8H,5-6,14H2,1-3H3. The molecule has 0 spiro atoms. The van der Waals surface area contributed by atoms with Gasteiger partial charge in [0.1, 0.15) is 5.82 Å². The molecule has 0 bridgehead atoms. The van der Waals surface area contributed by atoms with Crippen molar-refractivity contribution in [3.63, 3.8) is 0 Å². The zero-order valence-electron chi connectivity index (χ0n) is 10.4. The van der Waals surface area contributed by atoms with Crippen LogP contribution in [0.25, 0.3) is 0 Å². The van der Waals surface area contributed by atoms with E-state index < -0.39 is 0 Å². The number of aromatic nitrogens is 1. The number of rotatable bonds is 1. The molecule has 2 unspecified atom stereocenters. The highest BCUT2D eigenvalue weighted by atomic mass is 79.9. The van der Waals surface area contributed by atoms with Crippen molar-refractivity contribution >= 4 is 39.2 Å². The van der Waals surface area contributed by atoms with Crippen molar-refractivity contribution in [1.82, 2.24) is 4.98 Å². The fourth-order valence-electron chi connectivity index (χ4n) is 2.15. The monoisotopic (exact) mass is 315 g/mol. The zero-order valence-corrected chi connectivity index (χ0v) is 12.8. The summed E-state index contributed by atoms with van der Waals surface area (Å²) in [5.74, 6) is 1.02. The summed E-state index contributed by atoms with van der Waals surface area (Å²) in [6, 6.07) is 0. The van der Waals surface area contributed by atoms with Crippen LogP contribution in [0.15, 0.2) is 10.7 Å².